The molecule has 3 aromatic heterocycles. The van der Waals surface area contributed by atoms with Gasteiger partial charge in [0.15, 0.2) is 11.6 Å². The minimum absolute atomic E-state index is 0.00283. The Balaban J connectivity index is 1.07. The standard InChI is InChI=1S/C45H48F3N5O7S2/c1-3-28-21-44(28,43(56)52-62(57,58)31-17-18-31)22-35(54)34-19-30(23-53(34)42(55)33(26-9-5-4-6-10-26)20-37-49-25(2)24-61-37)59-41-39-38(32-11-7-8-12-36(32)60-39)50-40(51-41)27-13-15-29(16-14-27)45(46,47)48/h7-8,11-16,24,26,28,30-31,33-34H,3-6,9-10,17-23H2,1-2H3,(H,52,56)/t28-,30-,33+,34+,44-/m1/s1. The maximum Gasteiger partial charge on any atom is 0.416 e. The van der Waals surface area contributed by atoms with Crippen LogP contribution in [-0.4, -0.2) is 69.8 Å². The minimum atomic E-state index is -4.54. The molecule has 1 N–H and O–H groups in total. The van der Waals surface area contributed by atoms with Gasteiger partial charge < -0.3 is 14.1 Å². The number of carbonyl (C=O) groups is 3. The summed E-state index contributed by atoms with van der Waals surface area (Å²) in [7, 11) is -3.87. The Labute approximate surface area is 361 Å². The summed E-state index contributed by atoms with van der Waals surface area (Å²) in [5.74, 6) is -1.73. The van der Waals surface area contributed by atoms with Gasteiger partial charge in [-0.2, -0.15) is 18.2 Å². The number of amides is 2. The van der Waals surface area contributed by atoms with E-state index in [2.05, 4.69) is 9.71 Å². The van der Waals surface area contributed by atoms with Crippen molar-refractivity contribution in [1.29, 1.82) is 0 Å². The average molecular weight is 892 g/mol. The van der Waals surface area contributed by atoms with Crippen LogP contribution in [0, 0.1) is 30.1 Å². The third kappa shape index (κ3) is 8.33. The number of alkyl halides is 3. The van der Waals surface area contributed by atoms with Gasteiger partial charge in [-0.05, 0) is 75.1 Å². The van der Waals surface area contributed by atoms with Crippen molar-refractivity contribution in [1.82, 2.24) is 24.6 Å². The van der Waals surface area contributed by atoms with Gasteiger partial charge >= 0.3 is 6.18 Å². The number of furan rings is 1. The van der Waals surface area contributed by atoms with E-state index in [0.717, 1.165) is 54.9 Å². The number of ether oxygens (including phenoxy) is 1. The Morgan fingerprint density at radius 3 is 2.42 bits per heavy atom. The number of fused-ring (bicyclic) bond motifs is 3. The Kier molecular flexibility index (Phi) is 11.2. The van der Waals surface area contributed by atoms with E-state index in [1.54, 1.807) is 23.1 Å². The van der Waals surface area contributed by atoms with Crippen LogP contribution in [-0.2, 0) is 37.0 Å². The number of nitrogens with zero attached hydrogens (tertiary/aromatic N) is 4. The molecule has 3 aliphatic carbocycles. The normalized spacial score (nSPS) is 23.8. The first kappa shape index (κ1) is 42.4. The molecule has 0 bridgehead atoms. The zero-order valence-corrected chi connectivity index (χ0v) is 36.1. The second-order valence-corrected chi connectivity index (χ2v) is 20.5. The molecule has 17 heteroatoms. The van der Waals surface area contributed by atoms with Crippen LogP contribution in [0.3, 0.4) is 0 Å². The van der Waals surface area contributed by atoms with Crippen molar-refractivity contribution in [2.75, 3.05) is 6.54 Å². The van der Waals surface area contributed by atoms with E-state index in [0.29, 0.717) is 54.2 Å². The van der Waals surface area contributed by atoms with Crippen molar-refractivity contribution in [2.24, 2.45) is 23.2 Å². The van der Waals surface area contributed by atoms with Crippen LogP contribution >= 0.6 is 11.3 Å². The van der Waals surface area contributed by atoms with E-state index in [1.165, 1.54) is 23.5 Å². The number of Topliss-reactive ketones (excluding diaryl/α,β-unsaturated/α-hetero) is 1. The van der Waals surface area contributed by atoms with E-state index in [1.807, 2.05) is 25.3 Å². The number of ketones is 1. The number of benzene rings is 2. The second-order valence-electron chi connectivity index (χ2n) is 17.6. The zero-order chi connectivity index (χ0) is 43.6. The molecule has 2 amide bonds. The van der Waals surface area contributed by atoms with Crippen LogP contribution in [0.5, 0.6) is 5.88 Å². The number of likely N-dealkylation sites (tertiary alicyclic amines) is 1. The number of aromatic nitrogens is 3. The van der Waals surface area contributed by atoms with Crippen molar-refractivity contribution >= 4 is 61.0 Å². The predicted octanol–water partition coefficient (Wildman–Crippen LogP) is 8.60. The number of rotatable bonds is 14. The molecule has 328 valence electrons. The Morgan fingerprint density at radius 2 is 1.76 bits per heavy atom. The van der Waals surface area contributed by atoms with Crippen LogP contribution in [0.15, 0.2) is 58.3 Å². The quantitative estimate of drug-likeness (QED) is 0.114. The Hall–Kier alpha value is -4.90. The summed E-state index contributed by atoms with van der Waals surface area (Å²) < 4.78 is 81.5. The zero-order valence-electron chi connectivity index (χ0n) is 34.4. The fourth-order valence-corrected chi connectivity index (χ4v) is 11.9. The van der Waals surface area contributed by atoms with Gasteiger partial charge in [0.05, 0.1) is 33.8 Å². The van der Waals surface area contributed by atoms with Gasteiger partial charge in [0.1, 0.15) is 17.2 Å². The van der Waals surface area contributed by atoms with Gasteiger partial charge in [-0.3, -0.25) is 19.1 Å². The molecule has 1 saturated heterocycles. The molecule has 2 aromatic carbocycles. The summed E-state index contributed by atoms with van der Waals surface area (Å²) in [5, 5.41) is 2.81. The summed E-state index contributed by atoms with van der Waals surface area (Å²) in [4.78, 5) is 59.5. The van der Waals surface area contributed by atoms with Gasteiger partial charge in [-0.1, -0.05) is 56.9 Å². The highest BCUT2D eigenvalue weighted by molar-refractivity contribution is 7.90. The first-order chi connectivity index (χ1) is 29.6. The molecule has 9 rings (SSSR count). The van der Waals surface area contributed by atoms with Crippen molar-refractivity contribution < 1.29 is 45.1 Å². The molecular formula is C45H48F3N5O7S2. The molecule has 0 unspecified atom stereocenters. The van der Waals surface area contributed by atoms with Crippen LogP contribution in [0.1, 0.15) is 93.8 Å². The molecular weight excluding hydrogens is 844 g/mol. The monoisotopic (exact) mass is 891 g/mol. The third-order valence-corrected chi connectivity index (χ3v) is 16.1. The molecule has 5 atom stereocenters. The van der Waals surface area contributed by atoms with E-state index < -0.39 is 56.4 Å². The smallest absolute Gasteiger partial charge is 0.416 e. The van der Waals surface area contributed by atoms with Crippen LogP contribution in [0.4, 0.5) is 13.2 Å². The van der Waals surface area contributed by atoms with Gasteiger partial charge in [-0.15, -0.1) is 11.3 Å². The van der Waals surface area contributed by atoms with Crippen LogP contribution in [0.2, 0.25) is 0 Å². The fourth-order valence-electron chi connectivity index (χ4n) is 9.67. The molecule has 3 saturated carbocycles. The Bertz CT molecular complexity index is 2640. The number of sulfonamides is 1. The lowest BCUT2D eigenvalue weighted by Gasteiger charge is -2.34. The highest BCUT2D eigenvalue weighted by atomic mass is 32.2. The Morgan fingerprint density at radius 1 is 1.02 bits per heavy atom. The number of halogens is 3. The first-order valence-electron chi connectivity index (χ1n) is 21.5. The molecule has 4 aliphatic rings. The average Bonchev–Trinajstić information content (AvgIpc) is 4.11. The van der Waals surface area contributed by atoms with Crippen molar-refractivity contribution in [2.45, 2.75) is 114 Å². The van der Waals surface area contributed by atoms with Crippen molar-refractivity contribution in [3.63, 3.8) is 0 Å². The number of thiazole rings is 1. The largest absolute Gasteiger partial charge is 0.470 e. The second kappa shape index (κ2) is 16.3. The molecule has 0 radical (unpaired) electrons. The lowest BCUT2D eigenvalue weighted by Crippen LogP contribution is -2.48. The number of para-hydroxylation sites is 1. The molecule has 4 heterocycles. The molecule has 5 aromatic rings. The molecule has 4 fully saturated rings. The number of hydrogen-bond donors (Lipinski definition) is 1. The van der Waals surface area contributed by atoms with Gasteiger partial charge in [-0.25, -0.2) is 18.4 Å². The topological polar surface area (TPSA) is 162 Å². The van der Waals surface area contributed by atoms with Crippen molar-refractivity contribution in [3.05, 3.63) is 70.2 Å². The first-order valence-corrected chi connectivity index (χ1v) is 23.9. The lowest BCUT2D eigenvalue weighted by atomic mass is 9.77. The number of hydrogen-bond acceptors (Lipinski definition) is 11. The maximum absolute atomic E-state index is 15.2. The minimum Gasteiger partial charge on any atom is -0.470 e. The van der Waals surface area contributed by atoms with E-state index in [-0.39, 0.29) is 60.2 Å². The number of nitrogens with one attached hydrogen (secondary N) is 1. The van der Waals surface area contributed by atoms with E-state index in [4.69, 9.17) is 19.1 Å². The van der Waals surface area contributed by atoms with Gasteiger partial charge in [0.25, 0.3) is 5.88 Å². The van der Waals surface area contributed by atoms with E-state index in [9.17, 15) is 31.2 Å². The number of carbonyl (C=O) groups excluding carboxylic acids is 3. The maximum atomic E-state index is 15.2. The highest BCUT2D eigenvalue weighted by Gasteiger charge is 2.62. The summed E-state index contributed by atoms with van der Waals surface area (Å²) >= 11 is 1.50. The molecule has 1 aliphatic heterocycles. The summed E-state index contributed by atoms with van der Waals surface area (Å²) in [6.07, 6.45) is 1.56. The fraction of sp³-hybridized carbons (Fsp3) is 0.511. The van der Waals surface area contributed by atoms with Crippen LogP contribution < -0.4 is 9.46 Å². The van der Waals surface area contributed by atoms with Crippen molar-refractivity contribution in [3.8, 4) is 17.3 Å². The molecule has 0 spiro atoms. The third-order valence-electron chi connectivity index (χ3n) is 13.3. The predicted molar refractivity (Wildman–Crippen MR) is 225 cm³/mol. The molecule has 62 heavy (non-hydrogen) atoms. The summed E-state index contributed by atoms with van der Waals surface area (Å²) in [5.41, 5.74) is 0.192. The van der Waals surface area contributed by atoms with Gasteiger partial charge in [0.2, 0.25) is 27.4 Å². The summed E-state index contributed by atoms with van der Waals surface area (Å²) in [6, 6.07) is 10.7. The van der Waals surface area contributed by atoms with E-state index >= 15 is 4.79 Å². The SMILES string of the molecule is CC[C@@H]1C[C@]1(CC(=O)[C@@H]1C[C@@H](Oc2nc(-c3ccc(C(F)(F)F)cc3)nc3c2oc2ccccc23)CN1C(=O)[C@@H](Cc1nc(C)cs1)C1CCCCC1)C(=O)NS(=O)(=O)C1CC1. The highest BCUT2D eigenvalue weighted by Crippen LogP contribution is 2.58. The number of aryl methyl sites for hydroxylation is 1. The lowest BCUT2D eigenvalue weighted by molar-refractivity contribution is -0.143. The van der Waals surface area contributed by atoms with Gasteiger partial charge in [0, 0.05) is 47.2 Å². The molecule has 12 nitrogen and oxygen atoms in total. The summed E-state index contributed by atoms with van der Waals surface area (Å²) in [6.45, 7) is 3.82. The van der Waals surface area contributed by atoms with Crippen LogP contribution in [0.25, 0.3) is 33.5 Å².